The van der Waals surface area contributed by atoms with E-state index in [0.717, 1.165) is 34.2 Å². The van der Waals surface area contributed by atoms with Crippen LogP contribution in [-0.2, 0) is 6.54 Å². The number of hydrogen-bond donors (Lipinski definition) is 2. The lowest BCUT2D eigenvalue weighted by atomic mass is 9.85. The van der Waals surface area contributed by atoms with Crippen molar-refractivity contribution < 1.29 is 0 Å². The summed E-state index contributed by atoms with van der Waals surface area (Å²) in [5, 5.41) is 6.70. The summed E-state index contributed by atoms with van der Waals surface area (Å²) in [5.41, 5.74) is 1.95. The molecule has 2 N–H and O–H groups in total. The van der Waals surface area contributed by atoms with Crippen molar-refractivity contribution in [1.29, 1.82) is 0 Å². The molecule has 2 heterocycles. The molecule has 1 saturated carbocycles. The predicted octanol–water partition coefficient (Wildman–Crippen LogP) is 3.18. The van der Waals surface area contributed by atoms with E-state index in [1.54, 1.807) is 7.05 Å². The summed E-state index contributed by atoms with van der Waals surface area (Å²) in [7, 11) is 1.80. The predicted molar refractivity (Wildman–Crippen MR) is 104 cm³/mol. The summed E-state index contributed by atoms with van der Waals surface area (Å²) < 4.78 is 3.07. The van der Waals surface area contributed by atoms with E-state index in [0.29, 0.717) is 6.54 Å². The van der Waals surface area contributed by atoms with Crippen LogP contribution < -0.4 is 10.6 Å². The Bertz CT molecular complexity index is 650. The standard InChI is InChI=1S/C15H20BrN5.HI/c1-17-15(18-7-11-3-2-4-11)19-8-13-10-21-9-12(16)5-6-14(21)20-13;/h5-6,9-11H,2-4,7-8H2,1H3,(H2,17,18,19);1H. The maximum atomic E-state index is 4.58. The smallest absolute Gasteiger partial charge is 0.191 e. The van der Waals surface area contributed by atoms with E-state index in [9.17, 15) is 0 Å². The number of rotatable bonds is 4. The highest BCUT2D eigenvalue weighted by Gasteiger charge is 2.17. The summed E-state index contributed by atoms with van der Waals surface area (Å²) in [6.07, 6.45) is 8.09. The first kappa shape index (κ1) is 17.5. The first-order valence-corrected chi connectivity index (χ1v) is 8.11. The minimum atomic E-state index is 0. The summed E-state index contributed by atoms with van der Waals surface area (Å²) in [5.74, 6) is 1.66. The number of nitrogens with one attached hydrogen (secondary N) is 2. The van der Waals surface area contributed by atoms with Gasteiger partial charge in [-0.3, -0.25) is 4.99 Å². The molecule has 120 valence electrons. The Morgan fingerprint density at radius 2 is 2.18 bits per heavy atom. The van der Waals surface area contributed by atoms with E-state index in [1.807, 2.05) is 28.9 Å². The minimum absolute atomic E-state index is 0. The molecule has 0 bridgehead atoms. The molecule has 0 aliphatic heterocycles. The molecule has 5 nitrogen and oxygen atoms in total. The number of pyridine rings is 1. The van der Waals surface area contributed by atoms with Gasteiger partial charge in [-0.1, -0.05) is 6.42 Å². The van der Waals surface area contributed by atoms with Crippen LogP contribution in [0, 0.1) is 5.92 Å². The van der Waals surface area contributed by atoms with Gasteiger partial charge in [-0.25, -0.2) is 4.98 Å². The molecule has 0 atom stereocenters. The second-order valence-corrected chi connectivity index (χ2v) is 6.36. The molecule has 0 unspecified atom stereocenters. The van der Waals surface area contributed by atoms with Crippen molar-refractivity contribution >= 4 is 51.5 Å². The number of hydrogen-bond acceptors (Lipinski definition) is 2. The number of fused-ring (bicyclic) bond motifs is 1. The molecular formula is C15H21BrIN5. The van der Waals surface area contributed by atoms with Crippen LogP contribution in [0.5, 0.6) is 0 Å². The van der Waals surface area contributed by atoms with Crippen LogP contribution in [0.4, 0.5) is 0 Å². The van der Waals surface area contributed by atoms with Gasteiger partial charge in [0.05, 0.1) is 12.2 Å². The number of nitrogens with zero attached hydrogens (tertiary/aromatic N) is 3. The fraction of sp³-hybridized carbons (Fsp3) is 0.467. The van der Waals surface area contributed by atoms with Crippen molar-refractivity contribution in [2.45, 2.75) is 25.8 Å². The maximum absolute atomic E-state index is 4.58. The number of guanidine groups is 1. The Labute approximate surface area is 156 Å². The molecule has 3 rings (SSSR count). The third-order valence-corrected chi connectivity index (χ3v) is 4.38. The Kier molecular flexibility index (Phi) is 6.49. The van der Waals surface area contributed by atoms with E-state index >= 15 is 0 Å². The Hall–Kier alpha value is -0.830. The quantitative estimate of drug-likeness (QED) is 0.404. The molecule has 2 aromatic heterocycles. The summed E-state index contributed by atoms with van der Waals surface area (Å²) in [6.45, 7) is 1.68. The molecule has 2 aromatic rings. The van der Waals surface area contributed by atoms with Gasteiger partial charge in [-0.05, 0) is 46.8 Å². The number of aliphatic imine (C=N–C) groups is 1. The van der Waals surface area contributed by atoms with E-state index in [4.69, 9.17) is 0 Å². The van der Waals surface area contributed by atoms with Crippen LogP contribution in [0.25, 0.3) is 5.65 Å². The highest BCUT2D eigenvalue weighted by molar-refractivity contribution is 14.0. The van der Waals surface area contributed by atoms with Crippen molar-refractivity contribution in [3.63, 3.8) is 0 Å². The van der Waals surface area contributed by atoms with Crippen LogP contribution in [0.15, 0.2) is 34.0 Å². The fourth-order valence-corrected chi connectivity index (χ4v) is 2.79. The first-order chi connectivity index (χ1) is 10.2. The minimum Gasteiger partial charge on any atom is -0.356 e. The maximum Gasteiger partial charge on any atom is 0.191 e. The molecule has 0 amide bonds. The van der Waals surface area contributed by atoms with Gasteiger partial charge < -0.3 is 15.0 Å². The zero-order valence-corrected chi connectivity index (χ0v) is 16.5. The van der Waals surface area contributed by atoms with Gasteiger partial charge >= 0.3 is 0 Å². The Morgan fingerprint density at radius 3 is 2.86 bits per heavy atom. The summed E-state index contributed by atoms with van der Waals surface area (Å²) in [6, 6.07) is 4.00. The van der Waals surface area contributed by atoms with Gasteiger partial charge in [0, 0.05) is 30.5 Å². The van der Waals surface area contributed by atoms with E-state index in [-0.39, 0.29) is 24.0 Å². The topological polar surface area (TPSA) is 53.7 Å². The largest absolute Gasteiger partial charge is 0.356 e. The molecule has 1 aliphatic rings. The second kappa shape index (κ2) is 8.14. The van der Waals surface area contributed by atoms with Crippen molar-refractivity contribution in [2.24, 2.45) is 10.9 Å². The third-order valence-electron chi connectivity index (χ3n) is 3.91. The second-order valence-electron chi connectivity index (χ2n) is 5.45. The van der Waals surface area contributed by atoms with Crippen LogP contribution in [0.2, 0.25) is 0 Å². The van der Waals surface area contributed by atoms with Crippen molar-refractivity contribution in [2.75, 3.05) is 13.6 Å². The van der Waals surface area contributed by atoms with Gasteiger partial charge in [-0.15, -0.1) is 24.0 Å². The Balaban J connectivity index is 0.00000176. The summed E-state index contributed by atoms with van der Waals surface area (Å²) in [4.78, 5) is 8.83. The number of imidazole rings is 1. The third kappa shape index (κ3) is 4.34. The SMILES string of the molecule is CN=C(NCc1cn2cc(Br)ccc2n1)NCC1CCC1.I. The lowest BCUT2D eigenvalue weighted by Gasteiger charge is -2.26. The van der Waals surface area contributed by atoms with E-state index in [1.165, 1.54) is 19.3 Å². The Morgan fingerprint density at radius 1 is 1.36 bits per heavy atom. The zero-order chi connectivity index (χ0) is 14.7. The molecule has 0 radical (unpaired) electrons. The first-order valence-electron chi connectivity index (χ1n) is 7.32. The molecule has 22 heavy (non-hydrogen) atoms. The van der Waals surface area contributed by atoms with Crippen LogP contribution in [0.1, 0.15) is 25.0 Å². The van der Waals surface area contributed by atoms with Gasteiger partial charge in [0.15, 0.2) is 5.96 Å². The van der Waals surface area contributed by atoms with Crippen molar-refractivity contribution in [1.82, 2.24) is 20.0 Å². The molecule has 0 spiro atoms. The molecule has 0 aromatic carbocycles. The van der Waals surface area contributed by atoms with Gasteiger partial charge in [-0.2, -0.15) is 0 Å². The van der Waals surface area contributed by atoms with E-state index in [2.05, 4.69) is 36.5 Å². The highest BCUT2D eigenvalue weighted by Crippen LogP contribution is 2.25. The average Bonchev–Trinajstić information content (AvgIpc) is 2.82. The lowest BCUT2D eigenvalue weighted by molar-refractivity contribution is 0.314. The average molecular weight is 478 g/mol. The number of aromatic nitrogens is 2. The molecule has 0 saturated heterocycles. The molecule has 1 fully saturated rings. The normalized spacial score (nSPS) is 15.3. The number of halogens is 2. The van der Waals surface area contributed by atoms with Gasteiger partial charge in [0.25, 0.3) is 0 Å². The molecule has 7 heteroatoms. The molecule has 1 aliphatic carbocycles. The van der Waals surface area contributed by atoms with Crippen molar-refractivity contribution in [3.05, 3.63) is 34.7 Å². The summed E-state index contributed by atoms with van der Waals surface area (Å²) >= 11 is 3.47. The lowest BCUT2D eigenvalue weighted by Crippen LogP contribution is -2.40. The monoisotopic (exact) mass is 477 g/mol. The molecular weight excluding hydrogens is 457 g/mol. The van der Waals surface area contributed by atoms with Gasteiger partial charge in [0.2, 0.25) is 0 Å². The van der Waals surface area contributed by atoms with Crippen LogP contribution in [0.3, 0.4) is 0 Å². The fourth-order valence-electron chi connectivity index (χ4n) is 2.44. The highest BCUT2D eigenvalue weighted by atomic mass is 127. The van der Waals surface area contributed by atoms with Crippen LogP contribution in [-0.4, -0.2) is 28.9 Å². The zero-order valence-electron chi connectivity index (χ0n) is 12.6. The van der Waals surface area contributed by atoms with Gasteiger partial charge in [0.1, 0.15) is 5.65 Å². The van der Waals surface area contributed by atoms with E-state index < -0.39 is 0 Å². The van der Waals surface area contributed by atoms with Crippen molar-refractivity contribution in [3.8, 4) is 0 Å². The van der Waals surface area contributed by atoms with Crippen LogP contribution >= 0.6 is 39.9 Å².